The number of aromatic nitrogens is 1. The van der Waals surface area contributed by atoms with E-state index in [-0.39, 0.29) is 23.8 Å². The van der Waals surface area contributed by atoms with E-state index in [0.717, 1.165) is 5.56 Å². The molecule has 1 aromatic heterocycles. The predicted octanol–water partition coefficient (Wildman–Crippen LogP) is 0.647. The highest BCUT2D eigenvalue weighted by Crippen LogP contribution is 2.34. The van der Waals surface area contributed by atoms with Gasteiger partial charge in [-0.2, -0.15) is 4.31 Å². The van der Waals surface area contributed by atoms with Crippen LogP contribution in [0.4, 0.5) is 0 Å². The molecule has 0 spiro atoms. The Morgan fingerprint density at radius 3 is 3.05 bits per heavy atom. The van der Waals surface area contributed by atoms with Crippen LogP contribution >= 0.6 is 0 Å². The van der Waals surface area contributed by atoms with Gasteiger partial charge in [0, 0.05) is 24.9 Å². The number of hydrogen-bond donors (Lipinski definition) is 0. The molecular weight excluding hydrogens is 292 g/mol. The first-order chi connectivity index (χ1) is 10.1. The van der Waals surface area contributed by atoms with E-state index >= 15 is 0 Å². The Labute approximate surface area is 125 Å². The van der Waals surface area contributed by atoms with Gasteiger partial charge in [0.05, 0.1) is 37.7 Å². The molecule has 3 heterocycles. The molecule has 0 saturated carbocycles. The molecule has 0 bridgehead atoms. The summed E-state index contributed by atoms with van der Waals surface area (Å²) in [5.41, 5.74) is 0.991. The fraction of sp³-hybridized carbons (Fsp3) is 0.643. The molecule has 0 N–H and O–H groups in total. The highest BCUT2D eigenvalue weighted by Gasteiger charge is 2.49. The van der Waals surface area contributed by atoms with Gasteiger partial charge >= 0.3 is 0 Å². The van der Waals surface area contributed by atoms with Gasteiger partial charge in [0.1, 0.15) is 0 Å². The van der Waals surface area contributed by atoms with Gasteiger partial charge in [-0.15, -0.1) is 0 Å². The van der Waals surface area contributed by atoms with Crippen LogP contribution < -0.4 is 0 Å². The van der Waals surface area contributed by atoms with Crippen LogP contribution in [0, 0.1) is 5.92 Å². The fourth-order valence-corrected chi connectivity index (χ4v) is 4.34. The van der Waals surface area contributed by atoms with Crippen molar-refractivity contribution in [3.8, 4) is 0 Å². The maximum absolute atomic E-state index is 12.2. The van der Waals surface area contributed by atoms with Gasteiger partial charge in [-0.05, 0) is 18.6 Å². The van der Waals surface area contributed by atoms with E-state index in [1.807, 2.05) is 12.1 Å². The molecular formula is C14H20N2O4S. The van der Waals surface area contributed by atoms with Gasteiger partial charge in [0.25, 0.3) is 0 Å². The second-order valence-electron chi connectivity index (χ2n) is 5.45. The van der Waals surface area contributed by atoms with Crippen molar-refractivity contribution in [2.45, 2.75) is 25.7 Å². The van der Waals surface area contributed by atoms with Crippen molar-refractivity contribution < 1.29 is 17.9 Å². The molecule has 0 amide bonds. The number of pyridine rings is 1. The van der Waals surface area contributed by atoms with E-state index in [1.165, 1.54) is 0 Å². The van der Waals surface area contributed by atoms with E-state index in [2.05, 4.69) is 4.98 Å². The monoisotopic (exact) mass is 312 g/mol. The average Bonchev–Trinajstić information content (AvgIpc) is 3.08. The van der Waals surface area contributed by atoms with E-state index in [0.29, 0.717) is 26.4 Å². The zero-order valence-electron chi connectivity index (χ0n) is 12.0. The van der Waals surface area contributed by atoms with Crippen molar-refractivity contribution in [1.29, 1.82) is 0 Å². The third-order valence-electron chi connectivity index (χ3n) is 4.21. The molecule has 2 saturated heterocycles. The lowest BCUT2D eigenvalue weighted by atomic mass is 10.0. The first kappa shape index (κ1) is 14.9. The van der Waals surface area contributed by atoms with E-state index < -0.39 is 10.0 Å². The number of nitrogens with zero attached hydrogens (tertiary/aromatic N) is 2. The van der Waals surface area contributed by atoms with Crippen LogP contribution in [0.3, 0.4) is 0 Å². The van der Waals surface area contributed by atoms with Crippen molar-refractivity contribution in [2.75, 3.05) is 25.5 Å². The van der Waals surface area contributed by atoms with Gasteiger partial charge in [-0.3, -0.25) is 4.98 Å². The van der Waals surface area contributed by atoms with E-state index in [1.54, 1.807) is 23.6 Å². The number of sulfonamides is 1. The molecule has 2 aliphatic heterocycles. The Kier molecular flexibility index (Phi) is 4.26. The molecule has 21 heavy (non-hydrogen) atoms. The minimum Gasteiger partial charge on any atom is -0.379 e. The molecule has 7 heteroatoms. The first-order valence-corrected chi connectivity index (χ1v) is 8.80. The van der Waals surface area contributed by atoms with Crippen molar-refractivity contribution >= 4 is 10.0 Å². The number of rotatable bonds is 5. The second kappa shape index (κ2) is 6.00. The lowest BCUT2D eigenvalue weighted by molar-refractivity contribution is 0.0126. The Morgan fingerprint density at radius 1 is 1.48 bits per heavy atom. The van der Waals surface area contributed by atoms with Crippen molar-refractivity contribution in [2.24, 2.45) is 5.92 Å². The van der Waals surface area contributed by atoms with Crippen LogP contribution in [0.15, 0.2) is 24.5 Å². The van der Waals surface area contributed by atoms with Crippen LogP contribution in [-0.2, 0) is 26.1 Å². The van der Waals surface area contributed by atoms with E-state index in [9.17, 15) is 8.42 Å². The Balaban J connectivity index is 1.69. The van der Waals surface area contributed by atoms with Gasteiger partial charge in [-0.1, -0.05) is 6.07 Å². The molecule has 2 fully saturated rings. The summed E-state index contributed by atoms with van der Waals surface area (Å²) in [6.07, 6.45) is 3.37. The van der Waals surface area contributed by atoms with Crippen molar-refractivity contribution in [3.05, 3.63) is 30.1 Å². The Bertz CT molecular complexity index is 578. The molecule has 6 nitrogen and oxygen atoms in total. The minimum atomic E-state index is -3.21. The maximum atomic E-state index is 12.2. The molecule has 3 rings (SSSR count). The lowest BCUT2D eigenvalue weighted by Gasteiger charge is -2.20. The zero-order valence-corrected chi connectivity index (χ0v) is 12.8. The molecule has 1 aromatic rings. The van der Waals surface area contributed by atoms with E-state index in [4.69, 9.17) is 9.47 Å². The second-order valence-corrected chi connectivity index (χ2v) is 7.66. The largest absolute Gasteiger partial charge is 0.379 e. The smallest absolute Gasteiger partial charge is 0.214 e. The van der Waals surface area contributed by atoms with Crippen LogP contribution in [0.1, 0.15) is 12.5 Å². The van der Waals surface area contributed by atoms with Gasteiger partial charge in [-0.25, -0.2) is 8.42 Å². The average molecular weight is 312 g/mol. The number of hydrogen-bond acceptors (Lipinski definition) is 5. The molecule has 0 aromatic carbocycles. The van der Waals surface area contributed by atoms with Crippen molar-refractivity contribution in [3.63, 3.8) is 0 Å². The highest BCUT2D eigenvalue weighted by molar-refractivity contribution is 7.89. The first-order valence-electron chi connectivity index (χ1n) is 7.19. The zero-order chi connectivity index (χ0) is 14.9. The third kappa shape index (κ3) is 2.96. The van der Waals surface area contributed by atoms with Gasteiger partial charge in [0.15, 0.2) is 0 Å². The number of fused-ring (bicyclic) bond motifs is 1. The third-order valence-corrected chi connectivity index (χ3v) is 6.07. The lowest BCUT2D eigenvalue weighted by Crippen LogP contribution is -2.39. The van der Waals surface area contributed by atoms with Crippen LogP contribution in [0.2, 0.25) is 0 Å². The fourth-order valence-electron chi connectivity index (χ4n) is 3.01. The number of ether oxygens (including phenoxy) is 2. The van der Waals surface area contributed by atoms with Crippen LogP contribution in [-0.4, -0.2) is 55.4 Å². The summed E-state index contributed by atoms with van der Waals surface area (Å²) >= 11 is 0. The summed E-state index contributed by atoms with van der Waals surface area (Å²) in [4.78, 5) is 4.05. The SMILES string of the molecule is CCS(=O)(=O)N1C[C@@H](OCc2cccnc2)[C@@H]2COC[C@@H]21. The van der Waals surface area contributed by atoms with Gasteiger partial charge < -0.3 is 9.47 Å². The molecule has 116 valence electrons. The maximum Gasteiger partial charge on any atom is 0.214 e. The summed E-state index contributed by atoms with van der Waals surface area (Å²) in [5, 5.41) is 0. The Morgan fingerprint density at radius 2 is 2.33 bits per heavy atom. The molecule has 0 unspecified atom stereocenters. The topological polar surface area (TPSA) is 68.7 Å². The predicted molar refractivity (Wildman–Crippen MR) is 77.1 cm³/mol. The summed E-state index contributed by atoms with van der Waals surface area (Å²) in [6.45, 7) is 3.58. The molecule has 0 aliphatic carbocycles. The summed E-state index contributed by atoms with van der Waals surface area (Å²) in [5.74, 6) is 0.244. The normalized spacial score (nSPS) is 29.7. The molecule has 3 atom stereocenters. The standard InChI is InChI=1S/C14H20N2O4S/c1-2-21(17,18)16-7-14(12-9-19-10-13(12)16)20-8-11-4-3-5-15-6-11/h3-6,12-14H,2,7-10H2,1H3/t12-,13+,14-/m1/s1. The summed E-state index contributed by atoms with van der Waals surface area (Å²) in [6, 6.07) is 3.74. The van der Waals surface area contributed by atoms with Crippen molar-refractivity contribution in [1.82, 2.24) is 9.29 Å². The minimum absolute atomic E-state index is 0.0751. The molecule has 0 radical (unpaired) electrons. The highest BCUT2D eigenvalue weighted by atomic mass is 32.2. The summed E-state index contributed by atoms with van der Waals surface area (Å²) in [7, 11) is -3.21. The Hall–Kier alpha value is -1.02. The van der Waals surface area contributed by atoms with Crippen LogP contribution in [0.25, 0.3) is 0 Å². The molecule has 2 aliphatic rings. The van der Waals surface area contributed by atoms with Crippen LogP contribution in [0.5, 0.6) is 0 Å². The quantitative estimate of drug-likeness (QED) is 0.798. The summed E-state index contributed by atoms with van der Waals surface area (Å²) < 4.78 is 37.3. The van der Waals surface area contributed by atoms with Gasteiger partial charge in [0.2, 0.25) is 10.0 Å².